The molecule has 1 aromatic heterocycles. The summed E-state index contributed by atoms with van der Waals surface area (Å²) >= 11 is 0. The minimum atomic E-state index is -0.772. The van der Waals surface area contributed by atoms with E-state index in [9.17, 15) is 14.4 Å². The van der Waals surface area contributed by atoms with Gasteiger partial charge < -0.3 is 15.0 Å². The van der Waals surface area contributed by atoms with Crippen molar-refractivity contribution in [1.82, 2.24) is 10.3 Å². The van der Waals surface area contributed by atoms with Crippen LogP contribution in [-0.2, 0) is 9.53 Å². The van der Waals surface area contributed by atoms with E-state index in [0.717, 1.165) is 0 Å². The molecule has 0 aromatic carbocycles. The fraction of sp³-hybridized carbons (Fsp3) is 0.500. The molecule has 0 aliphatic carbocycles. The minimum Gasteiger partial charge on any atom is -0.458 e. The van der Waals surface area contributed by atoms with E-state index >= 15 is 0 Å². The Bertz CT molecular complexity index is 526. The third kappa shape index (κ3) is 4.53. The Balaban J connectivity index is 2.65. The number of amides is 1. The van der Waals surface area contributed by atoms with Crippen LogP contribution in [0.4, 0.5) is 0 Å². The Hall–Kier alpha value is -2.11. The van der Waals surface area contributed by atoms with E-state index < -0.39 is 23.5 Å². The molecule has 6 heteroatoms. The van der Waals surface area contributed by atoms with Gasteiger partial charge in [0.1, 0.15) is 17.3 Å². The third-order valence-electron chi connectivity index (χ3n) is 2.44. The lowest BCUT2D eigenvalue weighted by molar-refractivity contribution is -0.156. The van der Waals surface area contributed by atoms with Crippen LogP contribution in [0.2, 0.25) is 0 Å². The standard InChI is InChI=1S/C14H20N2O4/c1-8(13(19)20-14(3,4)5)16-12(18)11-6-10(7-15-11)9(2)17/h6-8,15H,1-5H3,(H,16,18)/t8-/m1/s1. The summed E-state index contributed by atoms with van der Waals surface area (Å²) in [5, 5.41) is 2.51. The van der Waals surface area contributed by atoms with Gasteiger partial charge in [-0.3, -0.25) is 9.59 Å². The van der Waals surface area contributed by atoms with Crippen molar-refractivity contribution in [2.24, 2.45) is 0 Å². The average Bonchev–Trinajstić information content (AvgIpc) is 2.75. The quantitative estimate of drug-likeness (QED) is 0.648. The fourth-order valence-corrected chi connectivity index (χ4v) is 1.45. The molecule has 1 atom stereocenters. The Morgan fingerprint density at radius 2 is 1.90 bits per heavy atom. The lowest BCUT2D eigenvalue weighted by atomic mass is 10.2. The van der Waals surface area contributed by atoms with E-state index in [-0.39, 0.29) is 11.5 Å². The van der Waals surface area contributed by atoms with E-state index in [2.05, 4.69) is 10.3 Å². The molecule has 1 rings (SSSR count). The topological polar surface area (TPSA) is 88.3 Å². The molecular formula is C14H20N2O4. The van der Waals surface area contributed by atoms with Crippen LogP contribution < -0.4 is 5.32 Å². The maximum atomic E-state index is 11.9. The number of ether oxygens (including phenoxy) is 1. The van der Waals surface area contributed by atoms with Crippen LogP contribution in [0.25, 0.3) is 0 Å². The molecule has 0 spiro atoms. The number of Topliss-reactive ketones (excluding diaryl/α,β-unsaturated/α-hetero) is 1. The summed E-state index contributed by atoms with van der Waals surface area (Å²) in [5.41, 5.74) is 0.0373. The van der Waals surface area contributed by atoms with Gasteiger partial charge in [-0.1, -0.05) is 0 Å². The van der Waals surface area contributed by atoms with E-state index in [1.54, 1.807) is 27.7 Å². The second kappa shape index (κ2) is 5.90. The molecule has 0 saturated carbocycles. The van der Waals surface area contributed by atoms with Gasteiger partial charge in [-0.25, -0.2) is 4.79 Å². The number of ketones is 1. The number of nitrogens with one attached hydrogen (secondary N) is 2. The van der Waals surface area contributed by atoms with Crippen LogP contribution in [0.3, 0.4) is 0 Å². The highest BCUT2D eigenvalue weighted by Gasteiger charge is 2.23. The lowest BCUT2D eigenvalue weighted by Crippen LogP contribution is -2.42. The van der Waals surface area contributed by atoms with Crippen molar-refractivity contribution in [2.45, 2.75) is 46.3 Å². The summed E-state index contributed by atoms with van der Waals surface area (Å²) in [6.07, 6.45) is 1.45. The molecule has 1 amide bonds. The highest BCUT2D eigenvalue weighted by atomic mass is 16.6. The second-order valence-corrected chi connectivity index (χ2v) is 5.59. The van der Waals surface area contributed by atoms with Gasteiger partial charge in [-0.05, 0) is 40.7 Å². The van der Waals surface area contributed by atoms with Crippen molar-refractivity contribution in [2.75, 3.05) is 0 Å². The van der Waals surface area contributed by atoms with Crippen molar-refractivity contribution < 1.29 is 19.1 Å². The Morgan fingerprint density at radius 3 is 2.35 bits per heavy atom. The molecule has 0 fully saturated rings. The van der Waals surface area contributed by atoms with Crippen molar-refractivity contribution in [3.8, 4) is 0 Å². The largest absolute Gasteiger partial charge is 0.458 e. The van der Waals surface area contributed by atoms with Gasteiger partial charge in [0.2, 0.25) is 0 Å². The summed E-state index contributed by atoms with van der Waals surface area (Å²) in [7, 11) is 0. The predicted octanol–water partition coefficient (Wildman–Crippen LogP) is 1.68. The van der Waals surface area contributed by atoms with Crippen molar-refractivity contribution in [3.05, 3.63) is 23.5 Å². The summed E-state index contributed by atoms with van der Waals surface area (Å²) in [4.78, 5) is 37.5. The van der Waals surface area contributed by atoms with Crippen molar-refractivity contribution in [1.29, 1.82) is 0 Å². The molecule has 0 aliphatic rings. The maximum Gasteiger partial charge on any atom is 0.328 e. The molecule has 0 unspecified atom stereocenters. The Kier molecular flexibility index (Phi) is 4.70. The number of rotatable bonds is 4. The summed E-state index contributed by atoms with van der Waals surface area (Å²) < 4.78 is 5.16. The highest BCUT2D eigenvalue weighted by Crippen LogP contribution is 2.09. The van der Waals surface area contributed by atoms with Crippen LogP contribution in [0.5, 0.6) is 0 Å². The molecule has 6 nitrogen and oxygen atoms in total. The van der Waals surface area contributed by atoms with Gasteiger partial charge in [-0.2, -0.15) is 0 Å². The molecule has 2 N–H and O–H groups in total. The van der Waals surface area contributed by atoms with E-state index in [4.69, 9.17) is 4.74 Å². The number of hydrogen-bond acceptors (Lipinski definition) is 4. The lowest BCUT2D eigenvalue weighted by Gasteiger charge is -2.22. The zero-order valence-corrected chi connectivity index (χ0v) is 12.4. The number of carbonyl (C=O) groups excluding carboxylic acids is 3. The summed E-state index contributed by atoms with van der Waals surface area (Å²) in [5.74, 6) is -1.11. The molecule has 0 aliphatic heterocycles. The molecule has 0 radical (unpaired) electrons. The maximum absolute atomic E-state index is 11.9. The fourth-order valence-electron chi connectivity index (χ4n) is 1.45. The molecule has 1 aromatic rings. The number of H-pyrrole nitrogens is 1. The van der Waals surface area contributed by atoms with E-state index in [1.807, 2.05) is 0 Å². The number of aromatic nitrogens is 1. The number of esters is 1. The Morgan fingerprint density at radius 1 is 1.30 bits per heavy atom. The molecular weight excluding hydrogens is 260 g/mol. The average molecular weight is 280 g/mol. The number of hydrogen-bond donors (Lipinski definition) is 2. The molecule has 110 valence electrons. The monoisotopic (exact) mass is 280 g/mol. The van der Waals surface area contributed by atoms with Crippen molar-refractivity contribution in [3.63, 3.8) is 0 Å². The van der Waals surface area contributed by atoms with Gasteiger partial charge in [0.25, 0.3) is 5.91 Å². The number of aromatic amines is 1. The minimum absolute atomic E-state index is 0.138. The van der Waals surface area contributed by atoms with Crippen LogP contribution in [0, 0.1) is 0 Å². The molecule has 20 heavy (non-hydrogen) atoms. The zero-order chi connectivity index (χ0) is 15.5. The van der Waals surface area contributed by atoms with Gasteiger partial charge in [0, 0.05) is 11.8 Å². The smallest absolute Gasteiger partial charge is 0.328 e. The SMILES string of the molecule is CC(=O)c1c[nH]c(C(=O)N[C@H](C)C(=O)OC(C)(C)C)c1. The van der Waals surface area contributed by atoms with Gasteiger partial charge >= 0.3 is 5.97 Å². The van der Waals surface area contributed by atoms with Gasteiger partial charge in [0.15, 0.2) is 5.78 Å². The first-order chi connectivity index (χ1) is 9.10. The third-order valence-corrected chi connectivity index (χ3v) is 2.44. The van der Waals surface area contributed by atoms with Crippen LogP contribution in [0.15, 0.2) is 12.3 Å². The van der Waals surface area contributed by atoms with Gasteiger partial charge in [0.05, 0.1) is 0 Å². The second-order valence-electron chi connectivity index (χ2n) is 5.59. The van der Waals surface area contributed by atoms with E-state index in [0.29, 0.717) is 5.56 Å². The summed E-state index contributed by atoms with van der Waals surface area (Å²) in [6, 6.07) is 0.672. The van der Waals surface area contributed by atoms with Crippen LogP contribution >= 0.6 is 0 Å². The first kappa shape index (κ1) is 15.9. The highest BCUT2D eigenvalue weighted by molar-refractivity contribution is 6.00. The zero-order valence-electron chi connectivity index (χ0n) is 12.4. The Labute approximate surface area is 117 Å². The van der Waals surface area contributed by atoms with Crippen molar-refractivity contribution >= 4 is 17.7 Å². The van der Waals surface area contributed by atoms with Crippen LogP contribution in [-0.4, -0.2) is 34.3 Å². The molecule has 1 heterocycles. The first-order valence-electron chi connectivity index (χ1n) is 6.33. The van der Waals surface area contributed by atoms with Crippen LogP contribution in [0.1, 0.15) is 55.5 Å². The number of carbonyl (C=O) groups is 3. The predicted molar refractivity (Wildman–Crippen MR) is 73.6 cm³/mol. The van der Waals surface area contributed by atoms with Gasteiger partial charge in [-0.15, -0.1) is 0 Å². The normalized spacial score (nSPS) is 12.7. The summed E-state index contributed by atoms with van der Waals surface area (Å²) in [6.45, 7) is 8.21. The molecule has 0 saturated heterocycles. The molecule has 0 bridgehead atoms. The first-order valence-corrected chi connectivity index (χ1v) is 6.33. The van der Waals surface area contributed by atoms with E-state index in [1.165, 1.54) is 19.2 Å².